The smallest absolute Gasteiger partial charge is 0.314 e. The van der Waals surface area contributed by atoms with Crippen LogP contribution in [0, 0.1) is 6.92 Å². The molecule has 0 radical (unpaired) electrons. The molecule has 0 spiro atoms. The zero-order valence-electron chi connectivity index (χ0n) is 12.1. The summed E-state index contributed by atoms with van der Waals surface area (Å²) in [7, 11) is 0. The lowest BCUT2D eigenvalue weighted by Crippen LogP contribution is -2.40. The monoisotopic (exact) mass is 303 g/mol. The van der Waals surface area contributed by atoms with Crippen LogP contribution in [0.3, 0.4) is 0 Å². The van der Waals surface area contributed by atoms with Gasteiger partial charge in [-0.1, -0.05) is 35.5 Å². The second kappa shape index (κ2) is 7.37. The lowest BCUT2D eigenvalue weighted by molar-refractivity contribution is -0.136. The summed E-state index contributed by atoms with van der Waals surface area (Å²) in [5.41, 5.74) is 0.951. The van der Waals surface area contributed by atoms with Crippen LogP contribution >= 0.6 is 0 Å². The fraction of sp³-hybridized carbons (Fsp3) is 0.267. The molecule has 116 valence electrons. The van der Waals surface area contributed by atoms with Crippen LogP contribution in [0.4, 0.5) is 5.82 Å². The minimum absolute atomic E-state index is 0.0149. The second-order valence-corrected chi connectivity index (χ2v) is 4.83. The van der Waals surface area contributed by atoms with Crippen LogP contribution in [-0.2, 0) is 16.0 Å². The molecule has 2 aromatic rings. The Kier molecular flexibility index (Phi) is 5.26. The predicted octanol–water partition coefficient (Wildman–Crippen LogP) is 0.641. The van der Waals surface area contributed by atoms with Crippen molar-refractivity contribution in [3.8, 4) is 0 Å². The second-order valence-electron chi connectivity index (χ2n) is 4.83. The molecule has 1 unspecified atom stereocenters. The number of aliphatic hydroxyl groups excluding tert-OH is 1. The number of hydrogen-bond acceptors (Lipinski definition) is 5. The maximum atomic E-state index is 11.6. The largest absolute Gasteiger partial charge is 0.391 e. The van der Waals surface area contributed by atoms with Crippen LogP contribution in [0.1, 0.15) is 11.3 Å². The van der Waals surface area contributed by atoms with Gasteiger partial charge in [0.2, 0.25) is 0 Å². The van der Waals surface area contributed by atoms with Gasteiger partial charge in [-0.25, -0.2) is 0 Å². The summed E-state index contributed by atoms with van der Waals surface area (Å²) < 4.78 is 4.77. The van der Waals surface area contributed by atoms with Crippen LogP contribution in [0.15, 0.2) is 40.9 Å². The molecule has 2 amide bonds. The third kappa shape index (κ3) is 4.71. The highest BCUT2D eigenvalue weighted by atomic mass is 16.5. The number of amides is 2. The Balaban J connectivity index is 1.75. The molecule has 2 rings (SSSR count). The van der Waals surface area contributed by atoms with E-state index in [-0.39, 0.29) is 12.4 Å². The molecule has 0 saturated heterocycles. The van der Waals surface area contributed by atoms with Crippen molar-refractivity contribution in [2.24, 2.45) is 0 Å². The van der Waals surface area contributed by atoms with Crippen molar-refractivity contribution in [3.63, 3.8) is 0 Å². The van der Waals surface area contributed by atoms with Gasteiger partial charge in [-0.3, -0.25) is 14.9 Å². The topological polar surface area (TPSA) is 104 Å². The van der Waals surface area contributed by atoms with Gasteiger partial charge in [-0.15, -0.1) is 0 Å². The molecule has 1 aromatic carbocycles. The van der Waals surface area contributed by atoms with E-state index in [9.17, 15) is 14.7 Å². The van der Waals surface area contributed by atoms with Crippen molar-refractivity contribution in [2.45, 2.75) is 19.4 Å². The summed E-state index contributed by atoms with van der Waals surface area (Å²) in [6.07, 6.45) is -0.376. The zero-order chi connectivity index (χ0) is 15.9. The Morgan fingerprint density at radius 1 is 1.27 bits per heavy atom. The Morgan fingerprint density at radius 2 is 2.00 bits per heavy atom. The highest BCUT2D eigenvalue weighted by molar-refractivity contribution is 6.39. The molecule has 22 heavy (non-hydrogen) atoms. The van der Waals surface area contributed by atoms with Crippen molar-refractivity contribution < 1.29 is 19.2 Å². The number of aliphatic hydroxyl groups is 1. The molecule has 7 heteroatoms. The number of nitrogens with one attached hydrogen (secondary N) is 2. The van der Waals surface area contributed by atoms with Gasteiger partial charge in [0.05, 0.1) is 6.10 Å². The standard InChI is InChI=1S/C15H17N3O4/c1-10-7-13(18-22-10)17-15(21)14(20)16-9-12(19)8-11-5-3-2-4-6-11/h2-7,12,19H,8-9H2,1H3,(H,16,20)(H,17,18,21). The maximum Gasteiger partial charge on any atom is 0.314 e. The van der Waals surface area contributed by atoms with Gasteiger partial charge in [0.1, 0.15) is 5.76 Å². The summed E-state index contributed by atoms with van der Waals surface area (Å²) in [5, 5.41) is 18.1. The number of nitrogens with zero attached hydrogens (tertiary/aromatic N) is 1. The molecule has 1 atom stereocenters. The van der Waals surface area contributed by atoms with E-state index in [4.69, 9.17) is 4.52 Å². The molecule has 1 heterocycles. The normalized spacial score (nSPS) is 11.7. The van der Waals surface area contributed by atoms with Gasteiger partial charge in [0.25, 0.3) is 0 Å². The summed E-state index contributed by atoms with van der Waals surface area (Å²) in [6, 6.07) is 10.9. The minimum Gasteiger partial charge on any atom is -0.391 e. The van der Waals surface area contributed by atoms with Crippen molar-refractivity contribution in [1.29, 1.82) is 0 Å². The third-order valence-electron chi connectivity index (χ3n) is 2.89. The van der Waals surface area contributed by atoms with Gasteiger partial charge in [0, 0.05) is 19.0 Å². The molecule has 7 nitrogen and oxygen atoms in total. The van der Waals surface area contributed by atoms with Gasteiger partial charge < -0.3 is 14.9 Å². The van der Waals surface area contributed by atoms with Gasteiger partial charge in [0.15, 0.2) is 5.82 Å². The fourth-order valence-electron chi connectivity index (χ4n) is 1.85. The van der Waals surface area contributed by atoms with Crippen molar-refractivity contribution in [2.75, 3.05) is 11.9 Å². The number of carbonyl (C=O) groups is 2. The predicted molar refractivity (Wildman–Crippen MR) is 79.0 cm³/mol. The Hall–Kier alpha value is -2.67. The Bertz CT molecular complexity index is 639. The number of aryl methyl sites for hydroxylation is 1. The van der Waals surface area contributed by atoms with Crippen LogP contribution in [0.5, 0.6) is 0 Å². The van der Waals surface area contributed by atoms with Crippen LogP contribution in [0.25, 0.3) is 0 Å². The van der Waals surface area contributed by atoms with E-state index in [0.717, 1.165) is 5.56 Å². The number of anilines is 1. The maximum absolute atomic E-state index is 11.6. The number of carbonyl (C=O) groups excluding carboxylic acids is 2. The summed E-state index contributed by atoms with van der Waals surface area (Å²) in [5.74, 6) is -1.01. The molecule has 3 N–H and O–H groups in total. The molecular formula is C15H17N3O4. The molecule has 0 aliphatic heterocycles. The van der Waals surface area contributed by atoms with Crippen LogP contribution in [0.2, 0.25) is 0 Å². The first-order valence-corrected chi connectivity index (χ1v) is 6.79. The number of benzene rings is 1. The Morgan fingerprint density at radius 3 is 2.64 bits per heavy atom. The zero-order valence-corrected chi connectivity index (χ0v) is 12.1. The average Bonchev–Trinajstić information content (AvgIpc) is 2.91. The quantitative estimate of drug-likeness (QED) is 0.703. The van der Waals surface area contributed by atoms with E-state index >= 15 is 0 Å². The summed E-state index contributed by atoms with van der Waals surface area (Å²) in [6.45, 7) is 1.65. The van der Waals surface area contributed by atoms with E-state index in [0.29, 0.717) is 12.2 Å². The first-order valence-electron chi connectivity index (χ1n) is 6.79. The van der Waals surface area contributed by atoms with Crippen molar-refractivity contribution >= 4 is 17.6 Å². The molecule has 0 aliphatic rings. The molecule has 0 saturated carbocycles. The highest BCUT2D eigenvalue weighted by Gasteiger charge is 2.16. The molecule has 1 aromatic heterocycles. The first-order chi connectivity index (χ1) is 10.5. The van der Waals surface area contributed by atoms with E-state index in [1.54, 1.807) is 6.92 Å². The van der Waals surface area contributed by atoms with Gasteiger partial charge in [-0.05, 0) is 12.5 Å². The van der Waals surface area contributed by atoms with E-state index in [1.165, 1.54) is 6.07 Å². The van der Waals surface area contributed by atoms with Crippen LogP contribution in [-0.4, -0.2) is 34.7 Å². The molecule has 0 aliphatic carbocycles. The first kappa shape index (κ1) is 15.7. The molecule has 0 fully saturated rings. The van der Waals surface area contributed by atoms with Crippen molar-refractivity contribution in [3.05, 3.63) is 47.7 Å². The van der Waals surface area contributed by atoms with Crippen LogP contribution < -0.4 is 10.6 Å². The van der Waals surface area contributed by atoms with E-state index in [2.05, 4.69) is 15.8 Å². The van der Waals surface area contributed by atoms with Crippen molar-refractivity contribution in [1.82, 2.24) is 10.5 Å². The number of hydrogen-bond donors (Lipinski definition) is 3. The van der Waals surface area contributed by atoms with E-state index in [1.807, 2.05) is 30.3 Å². The fourth-order valence-corrected chi connectivity index (χ4v) is 1.85. The van der Waals surface area contributed by atoms with E-state index < -0.39 is 17.9 Å². The third-order valence-corrected chi connectivity index (χ3v) is 2.89. The number of aromatic nitrogens is 1. The lowest BCUT2D eigenvalue weighted by atomic mass is 10.1. The SMILES string of the molecule is Cc1cc(NC(=O)C(=O)NCC(O)Cc2ccccc2)no1. The molecule has 0 bridgehead atoms. The summed E-state index contributed by atoms with van der Waals surface area (Å²) in [4.78, 5) is 23.2. The highest BCUT2D eigenvalue weighted by Crippen LogP contribution is 2.06. The average molecular weight is 303 g/mol. The van der Waals surface area contributed by atoms with Gasteiger partial charge in [-0.2, -0.15) is 0 Å². The number of rotatable bonds is 5. The van der Waals surface area contributed by atoms with Gasteiger partial charge >= 0.3 is 11.8 Å². The summed E-state index contributed by atoms with van der Waals surface area (Å²) >= 11 is 0. The Labute approximate surface area is 127 Å². The lowest BCUT2D eigenvalue weighted by Gasteiger charge is -2.11. The minimum atomic E-state index is -0.861. The molecular weight excluding hydrogens is 286 g/mol.